The number of hydrogen-bond acceptors (Lipinski definition) is 6. The lowest BCUT2D eigenvalue weighted by Crippen LogP contribution is -2.30. The van der Waals surface area contributed by atoms with Crippen LogP contribution in [0.15, 0.2) is 46.5 Å². The first-order valence-electron chi connectivity index (χ1n) is 8.65. The second kappa shape index (κ2) is 7.99. The molecule has 0 radical (unpaired) electrons. The average Bonchev–Trinajstić information content (AvgIpc) is 3.23. The molecule has 1 aromatic heterocycles. The molecule has 2 heterocycles. The zero-order valence-corrected chi connectivity index (χ0v) is 15.7. The summed E-state index contributed by atoms with van der Waals surface area (Å²) in [6.45, 7) is 3.77. The summed E-state index contributed by atoms with van der Waals surface area (Å²) >= 11 is 0. The van der Waals surface area contributed by atoms with Gasteiger partial charge in [0.15, 0.2) is 0 Å². The maximum atomic E-state index is 12.6. The number of nitrogens with one attached hydrogen (secondary N) is 1. The Morgan fingerprint density at radius 3 is 2.54 bits per heavy atom. The molecule has 8 heteroatoms. The molecule has 1 N–H and O–H groups in total. The van der Waals surface area contributed by atoms with Gasteiger partial charge in [-0.2, -0.15) is 0 Å². The van der Waals surface area contributed by atoms with Crippen molar-refractivity contribution in [1.29, 1.82) is 0 Å². The van der Waals surface area contributed by atoms with Crippen molar-refractivity contribution in [2.75, 3.05) is 7.11 Å². The predicted molar refractivity (Wildman–Crippen MR) is 99.3 cm³/mol. The van der Waals surface area contributed by atoms with E-state index < -0.39 is 17.9 Å². The van der Waals surface area contributed by atoms with Crippen LogP contribution in [0.1, 0.15) is 35.7 Å². The van der Waals surface area contributed by atoms with E-state index in [1.165, 1.54) is 19.2 Å². The number of urea groups is 1. The summed E-state index contributed by atoms with van der Waals surface area (Å²) in [7, 11) is 1.24. The summed E-state index contributed by atoms with van der Waals surface area (Å²) in [6.07, 6.45) is 1.65. The van der Waals surface area contributed by atoms with Crippen molar-refractivity contribution in [2.24, 2.45) is 0 Å². The Kier molecular flexibility index (Phi) is 5.49. The number of carbonyl (C=O) groups excluding carboxylic acids is 3. The molecular weight excluding hydrogens is 364 g/mol. The van der Waals surface area contributed by atoms with Crippen molar-refractivity contribution >= 4 is 24.0 Å². The van der Waals surface area contributed by atoms with Gasteiger partial charge in [-0.05, 0) is 49.8 Å². The van der Waals surface area contributed by atoms with Crippen LogP contribution in [-0.2, 0) is 16.1 Å². The fourth-order valence-electron chi connectivity index (χ4n) is 2.63. The molecular formula is C20H20N2O6. The number of hydrogen-bond donors (Lipinski definition) is 1. The molecule has 0 aliphatic carbocycles. The summed E-state index contributed by atoms with van der Waals surface area (Å²) in [5.74, 6) is -0.0957. The lowest BCUT2D eigenvalue weighted by atomic mass is 10.2. The van der Waals surface area contributed by atoms with E-state index in [4.69, 9.17) is 9.15 Å². The molecule has 28 heavy (non-hydrogen) atoms. The Labute approximate surface area is 161 Å². The smallest absolute Gasteiger partial charge is 0.373 e. The summed E-state index contributed by atoms with van der Waals surface area (Å²) in [5, 5.41) is 2.54. The first-order valence-corrected chi connectivity index (χ1v) is 8.65. The maximum Gasteiger partial charge on any atom is 0.373 e. The second-order valence-electron chi connectivity index (χ2n) is 6.37. The van der Waals surface area contributed by atoms with Crippen LogP contribution >= 0.6 is 0 Å². The van der Waals surface area contributed by atoms with Gasteiger partial charge in [0, 0.05) is 0 Å². The Balaban J connectivity index is 1.71. The number of rotatable bonds is 6. The maximum absolute atomic E-state index is 12.6. The van der Waals surface area contributed by atoms with Gasteiger partial charge < -0.3 is 19.2 Å². The largest absolute Gasteiger partial charge is 0.491 e. The van der Waals surface area contributed by atoms with Crippen LogP contribution in [0.5, 0.6) is 5.75 Å². The first-order chi connectivity index (χ1) is 13.4. The molecule has 1 saturated heterocycles. The number of esters is 1. The van der Waals surface area contributed by atoms with E-state index in [2.05, 4.69) is 10.1 Å². The van der Waals surface area contributed by atoms with Gasteiger partial charge in [-0.15, -0.1) is 0 Å². The zero-order valence-electron chi connectivity index (χ0n) is 15.7. The van der Waals surface area contributed by atoms with Crippen molar-refractivity contribution in [2.45, 2.75) is 26.5 Å². The molecule has 0 atom stereocenters. The number of benzene rings is 1. The summed E-state index contributed by atoms with van der Waals surface area (Å²) in [5.41, 5.74) is 0.898. The van der Waals surface area contributed by atoms with Gasteiger partial charge in [-0.1, -0.05) is 12.1 Å². The third kappa shape index (κ3) is 4.22. The van der Waals surface area contributed by atoms with Gasteiger partial charge in [0.2, 0.25) is 5.76 Å². The predicted octanol–water partition coefficient (Wildman–Crippen LogP) is 2.95. The molecule has 3 rings (SSSR count). The van der Waals surface area contributed by atoms with Crippen LogP contribution in [-0.4, -0.2) is 36.0 Å². The average molecular weight is 384 g/mol. The summed E-state index contributed by atoms with van der Waals surface area (Å²) < 4.78 is 15.5. The SMILES string of the molecule is COC(=O)c1ccc(CN2C(=O)NC(=Cc3ccc(OC(C)C)cc3)C2=O)o1. The molecule has 1 fully saturated rings. The van der Waals surface area contributed by atoms with Crippen LogP contribution in [0.4, 0.5) is 4.79 Å². The van der Waals surface area contributed by atoms with E-state index in [-0.39, 0.29) is 24.1 Å². The van der Waals surface area contributed by atoms with E-state index in [1.54, 1.807) is 30.3 Å². The molecule has 0 saturated carbocycles. The van der Waals surface area contributed by atoms with Crippen molar-refractivity contribution < 1.29 is 28.3 Å². The minimum Gasteiger partial charge on any atom is -0.491 e. The molecule has 3 amide bonds. The number of nitrogens with zero attached hydrogens (tertiary/aromatic N) is 1. The van der Waals surface area contributed by atoms with Crippen LogP contribution < -0.4 is 10.1 Å². The fraction of sp³-hybridized carbons (Fsp3) is 0.250. The number of ether oxygens (including phenoxy) is 2. The third-order valence-corrected chi connectivity index (χ3v) is 3.89. The topological polar surface area (TPSA) is 98.1 Å². The highest BCUT2D eigenvalue weighted by Crippen LogP contribution is 2.20. The van der Waals surface area contributed by atoms with Crippen LogP contribution in [0.25, 0.3) is 6.08 Å². The van der Waals surface area contributed by atoms with Crippen LogP contribution in [0.2, 0.25) is 0 Å². The normalized spacial score (nSPS) is 15.3. The molecule has 1 aliphatic rings. The lowest BCUT2D eigenvalue weighted by Gasteiger charge is -2.09. The van der Waals surface area contributed by atoms with E-state index in [1.807, 2.05) is 13.8 Å². The molecule has 8 nitrogen and oxygen atoms in total. The minimum absolute atomic E-state index is 0.00373. The number of amides is 3. The van der Waals surface area contributed by atoms with Gasteiger partial charge >= 0.3 is 12.0 Å². The second-order valence-corrected chi connectivity index (χ2v) is 6.37. The molecule has 146 valence electrons. The Bertz CT molecular complexity index is 926. The Morgan fingerprint density at radius 2 is 1.89 bits per heavy atom. The molecule has 0 unspecified atom stereocenters. The third-order valence-electron chi connectivity index (χ3n) is 3.89. The lowest BCUT2D eigenvalue weighted by molar-refractivity contribution is -0.123. The minimum atomic E-state index is -0.631. The molecule has 1 aliphatic heterocycles. The van der Waals surface area contributed by atoms with Gasteiger partial charge in [-0.3, -0.25) is 9.69 Å². The highest BCUT2D eigenvalue weighted by Gasteiger charge is 2.34. The van der Waals surface area contributed by atoms with E-state index in [9.17, 15) is 14.4 Å². The standard InChI is InChI=1S/C20H20N2O6/c1-12(2)27-14-6-4-13(5-7-14)10-16-18(23)22(20(25)21-16)11-15-8-9-17(28-15)19(24)26-3/h4-10,12H,11H2,1-3H3,(H,21,25). The van der Waals surface area contributed by atoms with Gasteiger partial charge in [0.25, 0.3) is 5.91 Å². The molecule has 0 bridgehead atoms. The van der Waals surface area contributed by atoms with Crippen molar-refractivity contribution in [3.8, 4) is 5.75 Å². The summed E-state index contributed by atoms with van der Waals surface area (Å²) in [4.78, 5) is 37.2. The fourth-order valence-corrected chi connectivity index (χ4v) is 2.63. The Hall–Kier alpha value is -3.55. The highest BCUT2D eigenvalue weighted by atomic mass is 16.5. The van der Waals surface area contributed by atoms with E-state index >= 15 is 0 Å². The zero-order chi connectivity index (χ0) is 20.3. The van der Waals surface area contributed by atoms with Gasteiger partial charge in [-0.25, -0.2) is 9.59 Å². The van der Waals surface area contributed by atoms with Gasteiger partial charge in [0.05, 0.1) is 19.8 Å². The Morgan fingerprint density at radius 1 is 1.18 bits per heavy atom. The molecule has 1 aromatic carbocycles. The number of methoxy groups -OCH3 is 1. The van der Waals surface area contributed by atoms with E-state index in [0.29, 0.717) is 5.76 Å². The number of carbonyl (C=O) groups is 3. The van der Waals surface area contributed by atoms with E-state index in [0.717, 1.165) is 16.2 Å². The molecule has 0 spiro atoms. The van der Waals surface area contributed by atoms with Crippen LogP contribution in [0, 0.1) is 0 Å². The number of furan rings is 1. The van der Waals surface area contributed by atoms with Crippen LogP contribution in [0.3, 0.4) is 0 Å². The van der Waals surface area contributed by atoms with Crippen molar-refractivity contribution in [1.82, 2.24) is 10.2 Å². The number of imide groups is 1. The quantitative estimate of drug-likeness (QED) is 0.467. The monoisotopic (exact) mass is 384 g/mol. The first kappa shape index (κ1) is 19.2. The van der Waals surface area contributed by atoms with Crippen molar-refractivity contribution in [3.05, 3.63) is 59.2 Å². The summed E-state index contributed by atoms with van der Waals surface area (Å²) in [6, 6.07) is 9.56. The molecule has 2 aromatic rings. The highest BCUT2D eigenvalue weighted by molar-refractivity contribution is 6.13. The van der Waals surface area contributed by atoms with Gasteiger partial charge in [0.1, 0.15) is 17.2 Å². The van der Waals surface area contributed by atoms with Crippen molar-refractivity contribution in [3.63, 3.8) is 0 Å².